The van der Waals surface area contributed by atoms with Crippen LogP contribution in [-0.4, -0.2) is 59.2 Å². The van der Waals surface area contributed by atoms with Crippen molar-refractivity contribution in [2.75, 3.05) is 43.1 Å². The molecule has 3 fully saturated rings. The summed E-state index contributed by atoms with van der Waals surface area (Å²) in [7, 11) is 0. The van der Waals surface area contributed by atoms with E-state index in [1.165, 1.54) is 0 Å². The van der Waals surface area contributed by atoms with Gasteiger partial charge < -0.3 is 20.7 Å². The molecule has 3 unspecified atom stereocenters. The van der Waals surface area contributed by atoms with E-state index in [0.717, 1.165) is 74.9 Å². The Morgan fingerprint density at radius 1 is 1.21 bits per heavy atom. The number of aromatic nitrogens is 3. The molecule has 1 saturated carbocycles. The maximum absolute atomic E-state index is 12.6. The van der Waals surface area contributed by atoms with Gasteiger partial charge in [0, 0.05) is 38.1 Å². The molecule has 0 radical (unpaired) electrons. The number of primary amides is 1. The molecule has 3 aliphatic rings. The van der Waals surface area contributed by atoms with Gasteiger partial charge in [0.2, 0.25) is 0 Å². The van der Waals surface area contributed by atoms with Crippen molar-refractivity contribution < 1.29 is 9.53 Å². The molecular weight excluding hydrogens is 432 g/mol. The lowest BCUT2D eigenvalue weighted by atomic mass is 9.76. The minimum absolute atomic E-state index is 0.236. The normalized spacial score (nSPS) is 24.8. The monoisotopic (exact) mass is 462 g/mol. The second-order valence-corrected chi connectivity index (χ2v) is 9.37. The van der Waals surface area contributed by atoms with Crippen LogP contribution in [-0.2, 0) is 4.74 Å². The van der Waals surface area contributed by atoms with Crippen LogP contribution < -0.4 is 26.8 Å². The number of imidazole rings is 1. The van der Waals surface area contributed by atoms with Crippen LogP contribution in [0.5, 0.6) is 0 Å². The number of nitrogens with two attached hydrogens (primary N) is 1. The molecule has 3 aromatic rings. The van der Waals surface area contributed by atoms with Gasteiger partial charge in [-0.25, -0.2) is 9.97 Å². The molecule has 178 valence electrons. The molecule has 0 aromatic carbocycles. The number of hydrogen-bond donors (Lipinski definition) is 4. The lowest BCUT2D eigenvalue weighted by Crippen LogP contribution is -2.36. The van der Waals surface area contributed by atoms with E-state index in [4.69, 9.17) is 10.5 Å². The number of amides is 1. The predicted octanol–water partition coefficient (Wildman–Crippen LogP) is 1.77. The first-order valence-corrected chi connectivity index (χ1v) is 12.0. The molecule has 10 heteroatoms. The largest absolute Gasteiger partial charge is 0.378 e. The third-order valence-electron chi connectivity index (χ3n) is 7.40. The number of anilines is 3. The average Bonchev–Trinajstić information content (AvgIpc) is 3.54. The van der Waals surface area contributed by atoms with Crippen molar-refractivity contribution in [2.45, 2.75) is 31.2 Å². The van der Waals surface area contributed by atoms with E-state index in [1.807, 2.05) is 22.7 Å². The summed E-state index contributed by atoms with van der Waals surface area (Å²) in [6, 6.07) is 6.50. The Labute approximate surface area is 197 Å². The lowest BCUT2D eigenvalue weighted by Gasteiger charge is -2.32. The van der Waals surface area contributed by atoms with Gasteiger partial charge in [-0.15, -0.1) is 0 Å². The summed E-state index contributed by atoms with van der Waals surface area (Å²) in [5.74, 6) is 1.17. The van der Waals surface area contributed by atoms with Crippen LogP contribution in [0, 0.1) is 5.92 Å². The topological polar surface area (TPSA) is 122 Å². The highest BCUT2D eigenvalue weighted by molar-refractivity contribution is 5.95. The maximum atomic E-state index is 12.6. The molecule has 0 bridgehead atoms. The Hall–Kier alpha value is -3.21. The van der Waals surface area contributed by atoms with Gasteiger partial charge in [0.05, 0.1) is 30.8 Å². The van der Waals surface area contributed by atoms with E-state index in [2.05, 4.69) is 37.1 Å². The molecule has 2 aliphatic heterocycles. The molecule has 6 rings (SSSR count). The smallest absolute Gasteiger partial charge is 0.266 e. The number of carbonyl (C=O) groups is 1. The van der Waals surface area contributed by atoms with Gasteiger partial charge in [-0.2, -0.15) is 0 Å². The first-order valence-electron chi connectivity index (χ1n) is 12.0. The Morgan fingerprint density at radius 3 is 2.88 bits per heavy atom. The van der Waals surface area contributed by atoms with Gasteiger partial charge in [0.15, 0.2) is 5.65 Å². The van der Waals surface area contributed by atoms with Crippen molar-refractivity contribution in [1.29, 1.82) is 0 Å². The van der Waals surface area contributed by atoms with Gasteiger partial charge >= 0.3 is 0 Å². The Kier molecular flexibility index (Phi) is 5.56. The van der Waals surface area contributed by atoms with Gasteiger partial charge in [-0.05, 0) is 54.9 Å². The number of morpholine rings is 1. The first kappa shape index (κ1) is 21.3. The second kappa shape index (κ2) is 8.86. The summed E-state index contributed by atoms with van der Waals surface area (Å²) in [6.07, 6.45) is 8.49. The second-order valence-electron chi connectivity index (χ2n) is 9.37. The van der Waals surface area contributed by atoms with E-state index in [0.29, 0.717) is 23.3 Å². The SMILES string of the molecule is NC(=O)c1c(C2CCC3CNNC3C2)cc(Nc2ccc(N3CCOCC3)cn2)c2nccn12. The predicted molar refractivity (Wildman–Crippen MR) is 129 cm³/mol. The molecular formula is C24H30N8O2. The third-order valence-corrected chi connectivity index (χ3v) is 7.40. The van der Waals surface area contributed by atoms with E-state index in [9.17, 15) is 4.79 Å². The van der Waals surface area contributed by atoms with Gasteiger partial charge in [0.25, 0.3) is 5.91 Å². The molecule has 2 saturated heterocycles. The average molecular weight is 463 g/mol. The van der Waals surface area contributed by atoms with E-state index >= 15 is 0 Å². The number of hydrogen-bond acceptors (Lipinski definition) is 8. The number of nitrogens with one attached hydrogen (secondary N) is 3. The standard InChI is InChI=1S/C24H30N8O2/c25-23(33)22-18(15-1-2-16-13-28-30-19(16)11-15)12-20(24-26-5-6-32(22)24)29-21-4-3-17(14-27-21)31-7-9-34-10-8-31/h3-6,12,14-16,19,28,30H,1-2,7-11,13H2,(H2,25,33)(H,27,29). The summed E-state index contributed by atoms with van der Waals surface area (Å²) < 4.78 is 7.26. The van der Waals surface area contributed by atoms with Crippen LogP contribution in [0.2, 0.25) is 0 Å². The van der Waals surface area contributed by atoms with Crippen LogP contribution >= 0.6 is 0 Å². The summed E-state index contributed by atoms with van der Waals surface area (Å²) in [6.45, 7) is 4.21. The van der Waals surface area contributed by atoms with Gasteiger partial charge in [-0.3, -0.25) is 20.0 Å². The van der Waals surface area contributed by atoms with Crippen LogP contribution in [0.25, 0.3) is 5.65 Å². The lowest BCUT2D eigenvalue weighted by molar-refractivity contribution is 0.0992. The summed E-state index contributed by atoms with van der Waals surface area (Å²) in [5, 5.41) is 3.44. The van der Waals surface area contributed by atoms with Gasteiger partial charge in [0.1, 0.15) is 11.5 Å². The Balaban J connectivity index is 1.33. The summed E-state index contributed by atoms with van der Waals surface area (Å²) in [4.78, 5) is 24.0. The molecule has 3 aromatic heterocycles. The minimum atomic E-state index is -0.433. The minimum Gasteiger partial charge on any atom is -0.378 e. The highest BCUT2D eigenvalue weighted by Gasteiger charge is 2.36. The molecule has 1 aliphatic carbocycles. The molecule has 5 N–H and O–H groups in total. The highest BCUT2D eigenvalue weighted by atomic mass is 16.5. The zero-order valence-electron chi connectivity index (χ0n) is 19.0. The van der Waals surface area contributed by atoms with Crippen LogP contribution in [0.15, 0.2) is 36.8 Å². The molecule has 0 spiro atoms. The van der Waals surface area contributed by atoms with Crippen LogP contribution in [0.3, 0.4) is 0 Å². The third kappa shape index (κ3) is 3.87. The molecule has 1 amide bonds. The fourth-order valence-electron chi connectivity index (χ4n) is 5.64. The zero-order chi connectivity index (χ0) is 23.1. The maximum Gasteiger partial charge on any atom is 0.266 e. The van der Waals surface area contributed by atoms with Gasteiger partial charge in [-0.1, -0.05) is 0 Å². The number of hydrazine groups is 1. The zero-order valence-corrected chi connectivity index (χ0v) is 19.0. The fraction of sp³-hybridized carbons (Fsp3) is 0.458. The molecule has 5 heterocycles. The van der Waals surface area contributed by atoms with Crippen molar-refractivity contribution in [3.63, 3.8) is 0 Å². The number of fused-ring (bicyclic) bond motifs is 2. The number of nitrogens with zero attached hydrogens (tertiary/aromatic N) is 4. The van der Waals surface area contributed by atoms with Crippen molar-refractivity contribution in [3.8, 4) is 0 Å². The molecule has 3 atom stereocenters. The van der Waals surface area contributed by atoms with E-state index < -0.39 is 5.91 Å². The molecule has 10 nitrogen and oxygen atoms in total. The van der Waals surface area contributed by atoms with Crippen LogP contribution in [0.1, 0.15) is 41.2 Å². The van der Waals surface area contributed by atoms with Crippen molar-refractivity contribution in [2.24, 2.45) is 11.7 Å². The Morgan fingerprint density at radius 2 is 2.09 bits per heavy atom. The number of rotatable bonds is 5. The summed E-state index contributed by atoms with van der Waals surface area (Å²) >= 11 is 0. The number of carbonyl (C=O) groups excluding carboxylic acids is 1. The fourth-order valence-corrected chi connectivity index (χ4v) is 5.64. The first-order chi connectivity index (χ1) is 16.7. The highest BCUT2D eigenvalue weighted by Crippen LogP contribution is 2.40. The summed E-state index contributed by atoms with van der Waals surface area (Å²) in [5.41, 5.74) is 16.6. The molecule has 34 heavy (non-hydrogen) atoms. The Bertz CT molecular complexity index is 1190. The van der Waals surface area contributed by atoms with Crippen molar-refractivity contribution in [3.05, 3.63) is 48.0 Å². The number of ether oxygens (including phenoxy) is 1. The van der Waals surface area contributed by atoms with Crippen molar-refractivity contribution in [1.82, 2.24) is 25.2 Å². The quantitative estimate of drug-likeness (QED) is 0.453. The van der Waals surface area contributed by atoms with E-state index in [-0.39, 0.29) is 5.92 Å². The number of pyridine rings is 2. The van der Waals surface area contributed by atoms with Crippen LogP contribution in [0.4, 0.5) is 17.2 Å². The van der Waals surface area contributed by atoms with E-state index in [1.54, 1.807) is 12.4 Å². The van der Waals surface area contributed by atoms with Crippen molar-refractivity contribution >= 4 is 28.7 Å².